The zero-order valence-corrected chi connectivity index (χ0v) is 19.0. The number of hydrogen-bond acceptors (Lipinski definition) is 4. The molecular formula is C20H13Br2ClF3N3O. The number of alkyl halides is 3. The van der Waals surface area contributed by atoms with Gasteiger partial charge in [0.2, 0.25) is 0 Å². The van der Waals surface area contributed by atoms with Crippen LogP contribution in [0, 0.1) is 0 Å². The average molecular weight is 564 g/mol. The standard InChI is InChI=1S/C20H13Br2ClF3N3O/c21-15-4-1-12(2-5-15)11-30-19-16(22)7-13(8-17(19)23)9-28-29-18-6-3-14(10-27-18)20(24,25)26/h1-10H,11H2,(H,27,29)/b28-9-. The first-order chi connectivity index (χ1) is 14.2. The number of hydrogen-bond donors (Lipinski definition) is 1. The zero-order chi connectivity index (χ0) is 21.7. The molecule has 10 heteroatoms. The van der Waals surface area contributed by atoms with Crippen LogP contribution < -0.4 is 10.2 Å². The second-order valence-electron chi connectivity index (χ2n) is 6.03. The van der Waals surface area contributed by atoms with Crippen LogP contribution in [0.1, 0.15) is 16.7 Å². The maximum Gasteiger partial charge on any atom is 0.417 e. The van der Waals surface area contributed by atoms with Gasteiger partial charge in [0.25, 0.3) is 0 Å². The van der Waals surface area contributed by atoms with Crippen LogP contribution in [0.15, 0.2) is 68.8 Å². The van der Waals surface area contributed by atoms with Crippen molar-refractivity contribution in [2.24, 2.45) is 5.10 Å². The maximum atomic E-state index is 12.5. The number of nitrogens with zero attached hydrogens (tertiary/aromatic N) is 2. The Labute approximate surface area is 192 Å². The number of hydrazone groups is 1. The number of nitrogens with one attached hydrogen (secondary N) is 1. The largest absolute Gasteiger partial charge is 0.486 e. The van der Waals surface area contributed by atoms with E-state index in [1.165, 1.54) is 12.3 Å². The highest BCUT2D eigenvalue weighted by Crippen LogP contribution is 2.35. The highest BCUT2D eigenvalue weighted by Gasteiger charge is 2.30. The van der Waals surface area contributed by atoms with Gasteiger partial charge in [-0.1, -0.05) is 39.7 Å². The van der Waals surface area contributed by atoms with Crippen LogP contribution in [0.2, 0.25) is 5.02 Å². The van der Waals surface area contributed by atoms with E-state index in [9.17, 15) is 13.2 Å². The molecule has 0 fully saturated rings. The van der Waals surface area contributed by atoms with Crippen molar-refractivity contribution in [2.75, 3.05) is 5.43 Å². The lowest BCUT2D eigenvalue weighted by molar-refractivity contribution is -0.137. The molecule has 3 rings (SSSR count). The molecule has 0 saturated heterocycles. The molecule has 0 radical (unpaired) electrons. The van der Waals surface area contributed by atoms with Crippen molar-refractivity contribution in [3.05, 3.63) is 85.4 Å². The van der Waals surface area contributed by atoms with Crippen LogP contribution in [-0.2, 0) is 12.8 Å². The predicted octanol–water partition coefficient (Wildman–Crippen LogP) is 7.30. The van der Waals surface area contributed by atoms with Crippen molar-refractivity contribution in [3.8, 4) is 5.75 Å². The lowest BCUT2D eigenvalue weighted by Crippen LogP contribution is -2.05. The molecule has 0 spiro atoms. The van der Waals surface area contributed by atoms with E-state index in [0.717, 1.165) is 22.3 Å². The number of benzene rings is 2. The van der Waals surface area contributed by atoms with Crippen LogP contribution in [0.3, 0.4) is 0 Å². The molecule has 0 amide bonds. The summed E-state index contributed by atoms with van der Waals surface area (Å²) in [4.78, 5) is 3.68. The lowest BCUT2D eigenvalue weighted by atomic mass is 10.2. The van der Waals surface area contributed by atoms with E-state index in [1.807, 2.05) is 24.3 Å². The Morgan fingerprint density at radius 3 is 2.43 bits per heavy atom. The molecule has 156 valence electrons. The molecule has 1 N–H and O–H groups in total. The summed E-state index contributed by atoms with van der Waals surface area (Å²) in [6.07, 6.45) is -2.23. The monoisotopic (exact) mass is 561 g/mol. The van der Waals surface area contributed by atoms with Crippen molar-refractivity contribution in [1.29, 1.82) is 0 Å². The van der Waals surface area contributed by atoms with Crippen LogP contribution in [0.4, 0.5) is 19.0 Å². The first-order valence-electron chi connectivity index (χ1n) is 8.41. The Morgan fingerprint density at radius 1 is 1.10 bits per heavy atom. The van der Waals surface area contributed by atoms with Gasteiger partial charge in [-0.25, -0.2) is 4.98 Å². The van der Waals surface area contributed by atoms with Crippen LogP contribution >= 0.6 is 43.5 Å². The number of anilines is 1. The second kappa shape index (κ2) is 9.80. The van der Waals surface area contributed by atoms with Gasteiger partial charge in [-0.2, -0.15) is 18.3 Å². The third kappa shape index (κ3) is 6.20. The summed E-state index contributed by atoms with van der Waals surface area (Å²) in [5, 5.41) is 4.36. The number of aromatic nitrogens is 1. The molecule has 1 aromatic heterocycles. The average Bonchev–Trinajstić information content (AvgIpc) is 2.68. The molecule has 0 saturated carbocycles. The topological polar surface area (TPSA) is 46.5 Å². The van der Waals surface area contributed by atoms with Gasteiger partial charge >= 0.3 is 6.18 Å². The van der Waals surface area contributed by atoms with Gasteiger partial charge in [-0.15, -0.1) is 0 Å². The van der Waals surface area contributed by atoms with Gasteiger partial charge in [0.1, 0.15) is 12.4 Å². The van der Waals surface area contributed by atoms with Crippen molar-refractivity contribution in [3.63, 3.8) is 0 Å². The molecule has 0 aliphatic heterocycles. The van der Waals surface area contributed by atoms with Gasteiger partial charge in [0, 0.05) is 10.7 Å². The van der Waals surface area contributed by atoms with E-state index in [2.05, 4.69) is 47.4 Å². The molecule has 30 heavy (non-hydrogen) atoms. The van der Waals surface area contributed by atoms with Gasteiger partial charge in [0.15, 0.2) is 5.75 Å². The minimum absolute atomic E-state index is 0.180. The summed E-state index contributed by atoms with van der Waals surface area (Å²) in [5.74, 6) is 0.674. The van der Waals surface area contributed by atoms with Crippen LogP contribution in [-0.4, -0.2) is 11.2 Å². The van der Waals surface area contributed by atoms with E-state index < -0.39 is 11.7 Å². The Hall–Kier alpha value is -2.10. The van der Waals surface area contributed by atoms with Gasteiger partial charge < -0.3 is 4.74 Å². The maximum absolute atomic E-state index is 12.5. The molecule has 0 atom stereocenters. The zero-order valence-electron chi connectivity index (χ0n) is 15.1. The van der Waals surface area contributed by atoms with Crippen LogP contribution in [0.5, 0.6) is 5.75 Å². The normalized spacial score (nSPS) is 11.7. The molecule has 0 aliphatic rings. The summed E-state index contributed by atoms with van der Waals surface area (Å²) in [5.41, 5.74) is 3.39. The first-order valence-corrected chi connectivity index (χ1v) is 10.4. The second-order valence-corrected chi connectivity index (χ2v) is 8.21. The van der Waals surface area contributed by atoms with Crippen LogP contribution in [0.25, 0.3) is 0 Å². The molecule has 4 nitrogen and oxygen atoms in total. The summed E-state index contributed by atoms with van der Waals surface area (Å²) >= 11 is 13.1. The van der Waals surface area contributed by atoms with Crippen molar-refractivity contribution in [1.82, 2.24) is 4.98 Å². The molecule has 0 unspecified atom stereocenters. The van der Waals surface area contributed by atoms with Gasteiger partial charge in [-0.05, 0) is 63.5 Å². The predicted molar refractivity (Wildman–Crippen MR) is 118 cm³/mol. The summed E-state index contributed by atoms with van der Waals surface area (Å²) in [6.45, 7) is 0.347. The fourth-order valence-corrected chi connectivity index (χ4v) is 3.58. The molecular weight excluding hydrogens is 550 g/mol. The van der Waals surface area contributed by atoms with Gasteiger partial charge in [-0.3, -0.25) is 5.43 Å². The Morgan fingerprint density at radius 2 is 1.83 bits per heavy atom. The highest BCUT2D eigenvalue weighted by molar-refractivity contribution is 9.10. The van der Waals surface area contributed by atoms with E-state index in [4.69, 9.17) is 16.3 Å². The van der Waals surface area contributed by atoms with Crippen molar-refractivity contribution >= 4 is 55.5 Å². The number of rotatable bonds is 6. The smallest absolute Gasteiger partial charge is 0.417 e. The number of pyridine rings is 1. The number of halogens is 6. The van der Waals surface area contributed by atoms with E-state index in [-0.39, 0.29) is 5.82 Å². The Kier molecular flexibility index (Phi) is 7.38. The quantitative estimate of drug-likeness (QED) is 0.253. The number of ether oxygens (including phenoxy) is 1. The molecule has 0 aliphatic carbocycles. The molecule has 2 aromatic carbocycles. The summed E-state index contributed by atoms with van der Waals surface area (Å²) in [6, 6.07) is 13.3. The van der Waals surface area contributed by atoms with E-state index >= 15 is 0 Å². The third-order valence-electron chi connectivity index (χ3n) is 3.80. The van der Waals surface area contributed by atoms with Crippen molar-refractivity contribution < 1.29 is 17.9 Å². The SMILES string of the molecule is FC(F)(F)c1ccc(N/N=C\c2cc(Cl)c(OCc3ccc(Br)cc3)c(Br)c2)nc1. The third-order valence-corrected chi connectivity index (χ3v) is 5.20. The summed E-state index contributed by atoms with van der Waals surface area (Å²) in [7, 11) is 0. The van der Waals surface area contributed by atoms with Crippen molar-refractivity contribution in [2.45, 2.75) is 12.8 Å². The minimum Gasteiger partial charge on any atom is -0.486 e. The fourth-order valence-electron chi connectivity index (χ4n) is 2.33. The Bertz CT molecular complexity index is 1020. The highest BCUT2D eigenvalue weighted by atomic mass is 79.9. The van der Waals surface area contributed by atoms with E-state index in [0.29, 0.717) is 27.4 Å². The molecule has 0 bridgehead atoms. The lowest BCUT2D eigenvalue weighted by Gasteiger charge is -2.11. The Balaban J connectivity index is 1.63. The molecule has 1 heterocycles. The van der Waals surface area contributed by atoms with Gasteiger partial charge in [0.05, 0.1) is 21.3 Å². The fraction of sp³-hybridized carbons (Fsp3) is 0.100. The summed E-state index contributed by atoms with van der Waals surface area (Å²) < 4.78 is 45.1. The van der Waals surface area contributed by atoms with E-state index in [1.54, 1.807) is 12.1 Å². The molecule has 3 aromatic rings. The first kappa shape index (κ1) is 22.6. The minimum atomic E-state index is -4.43.